The highest BCUT2D eigenvalue weighted by atomic mass is 32.1. The lowest BCUT2D eigenvalue weighted by atomic mass is 9.96. The van der Waals surface area contributed by atoms with Crippen LogP contribution in [0.5, 0.6) is 5.75 Å². The standard InChI is InChI=1S/C28H20FN3O2S/c29-21-8-9-22(24(14-21)34-16-17-4-2-1-3-5-17)27-28-23(10-11-35-28)26(31-32-27)19-7-6-18-13-25(33)30-15-20(18)12-19/h1-12,14H,13,15-16H2,(H,30,33). The molecule has 0 fully saturated rings. The Kier molecular flexibility index (Phi) is 5.47. The summed E-state index contributed by atoms with van der Waals surface area (Å²) < 4.78 is 21.1. The fourth-order valence-corrected chi connectivity index (χ4v) is 5.25. The van der Waals surface area contributed by atoms with Crippen molar-refractivity contribution < 1.29 is 13.9 Å². The van der Waals surface area contributed by atoms with Crippen LogP contribution in [0.15, 0.2) is 78.2 Å². The van der Waals surface area contributed by atoms with Gasteiger partial charge in [0.1, 0.15) is 29.6 Å². The largest absolute Gasteiger partial charge is 0.488 e. The van der Waals surface area contributed by atoms with Crippen molar-refractivity contribution >= 4 is 27.3 Å². The van der Waals surface area contributed by atoms with Crippen molar-refractivity contribution in [1.29, 1.82) is 0 Å². The van der Waals surface area contributed by atoms with Crippen molar-refractivity contribution in [3.05, 3.63) is 101 Å². The van der Waals surface area contributed by atoms with E-state index in [4.69, 9.17) is 4.74 Å². The predicted molar refractivity (Wildman–Crippen MR) is 135 cm³/mol. The Bertz CT molecular complexity index is 1570. The third-order valence-electron chi connectivity index (χ3n) is 6.13. The van der Waals surface area contributed by atoms with E-state index in [2.05, 4.69) is 21.6 Å². The number of hydrogen-bond donors (Lipinski definition) is 1. The minimum absolute atomic E-state index is 0.0409. The van der Waals surface area contributed by atoms with Crippen LogP contribution in [-0.2, 0) is 24.4 Å². The number of ether oxygens (including phenoxy) is 1. The van der Waals surface area contributed by atoms with E-state index in [-0.39, 0.29) is 11.7 Å². The zero-order valence-electron chi connectivity index (χ0n) is 18.6. The van der Waals surface area contributed by atoms with Gasteiger partial charge in [0.2, 0.25) is 5.91 Å². The minimum atomic E-state index is -0.370. The van der Waals surface area contributed by atoms with Gasteiger partial charge in [-0.25, -0.2) is 4.39 Å². The molecule has 2 aromatic heterocycles. The number of rotatable bonds is 5. The van der Waals surface area contributed by atoms with Crippen LogP contribution in [0, 0.1) is 5.82 Å². The molecule has 35 heavy (non-hydrogen) atoms. The van der Waals surface area contributed by atoms with Gasteiger partial charge in [-0.15, -0.1) is 21.5 Å². The first-order valence-corrected chi connectivity index (χ1v) is 12.1. The first-order valence-electron chi connectivity index (χ1n) is 11.2. The first-order chi connectivity index (χ1) is 17.2. The molecule has 0 bridgehead atoms. The highest BCUT2D eigenvalue weighted by Gasteiger charge is 2.20. The van der Waals surface area contributed by atoms with Gasteiger partial charge in [0.15, 0.2) is 0 Å². The quantitative estimate of drug-likeness (QED) is 0.339. The van der Waals surface area contributed by atoms with Gasteiger partial charge in [0.25, 0.3) is 0 Å². The maximum Gasteiger partial charge on any atom is 0.224 e. The van der Waals surface area contributed by atoms with Gasteiger partial charge in [-0.2, -0.15) is 0 Å². The molecule has 3 aromatic carbocycles. The van der Waals surface area contributed by atoms with Crippen LogP contribution in [-0.4, -0.2) is 16.1 Å². The maximum absolute atomic E-state index is 14.2. The SMILES string of the molecule is O=C1Cc2ccc(-c3nnc(-c4ccc(F)cc4OCc4ccccc4)c4sccc34)cc2CN1. The van der Waals surface area contributed by atoms with E-state index in [1.807, 2.05) is 53.9 Å². The summed E-state index contributed by atoms with van der Waals surface area (Å²) in [6.45, 7) is 0.833. The number of fused-ring (bicyclic) bond motifs is 2. The van der Waals surface area contributed by atoms with Crippen LogP contribution in [0.2, 0.25) is 0 Å². The minimum Gasteiger partial charge on any atom is -0.488 e. The predicted octanol–water partition coefficient (Wildman–Crippen LogP) is 5.92. The molecule has 5 aromatic rings. The van der Waals surface area contributed by atoms with Crippen LogP contribution < -0.4 is 10.1 Å². The number of nitrogens with zero attached hydrogens (tertiary/aromatic N) is 2. The van der Waals surface area contributed by atoms with E-state index in [9.17, 15) is 9.18 Å². The Hall–Kier alpha value is -4.10. The lowest BCUT2D eigenvalue weighted by Crippen LogP contribution is -2.30. The molecule has 1 aliphatic heterocycles. The van der Waals surface area contributed by atoms with Crippen molar-refractivity contribution in [2.75, 3.05) is 0 Å². The second-order valence-electron chi connectivity index (χ2n) is 8.41. The smallest absolute Gasteiger partial charge is 0.224 e. The molecule has 1 N–H and O–H groups in total. The number of nitrogens with one attached hydrogen (secondary N) is 1. The number of amides is 1. The Morgan fingerprint density at radius 3 is 2.69 bits per heavy atom. The second-order valence-corrected chi connectivity index (χ2v) is 9.33. The van der Waals surface area contributed by atoms with E-state index in [1.165, 1.54) is 12.1 Å². The highest BCUT2D eigenvalue weighted by Crippen LogP contribution is 2.39. The number of halogens is 1. The molecule has 0 unspecified atom stereocenters. The summed E-state index contributed by atoms with van der Waals surface area (Å²) in [6.07, 6.45) is 0.393. The lowest BCUT2D eigenvalue weighted by Gasteiger charge is -2.17. The monoisotopic (exact) mass is 481 g/mol. The summed E-state index contributed by atoms with van der Waals surface area (Å²) in [6, 6.07) is 22.4. The molecule has 0 saturated heterocycles. The summed E-state index contributed by atoms with van der Waals surface area (Å²) in [5.74, 6) is 0.0966. The van der Waals surface area contributed by atoms with E-state index in [0.717, 1.165) is 38.0 Å². The van der Waals surface area contributed by atoms with E-state index < -0.39 is 0 Å². The molecule has 0 atom stereocenters. The Labute approximate surface area is 205 Å². The molecule has 0 spiro atoms. The first kappa shape index (κ1) is 21.4. The molecular formula is C28H20FN3O2S. The fraction of sp³-hybridized carbons (Fsp3) is 0.107. The molecule has 1 amide bonds. The molecule has 0 radical (unpaired) electrons. The molecule has 6 rings (SSSR count). The number of benzene rings is 3. The van der Waals surface area contributed by atoms with E-state index in [1.54, 1.807) is 17.4 Å². The zero-order valence-corrected chi connectivity index (χ0v) is 19.4. The third-order valence-corrected chi connectivity index (χ3v) is 7.05. The van der Waals surface area contributed by atoms with Crippen LogP contribution in [0.4, 0.5) is 4.39 Å². The molecule has 0 saturated carbocycles. The van der Waals surface area contributed by atoms with Crippen molar-refractivity contribution in [3.63, 3.8) is 0 Å². The number of aromatic nitrogens is 2. The molecule has 0 aliphatic carbocycles. The second kappa shape index (κ2) is 8.92. The zero-order chi connectivity index (χ0) is 23.8. The van der Waals surface area contributed by atoms with Gasteiger partial charge in [0.05, 0.1) is 11.1 Å². The molecule has 3 heterocycles. The van der Waals surface area contributed by atoms with Crippen molar-refractivity contribution in [3.8, 4) is 28.3 Å². The van der Waals surface area contributed by atoms with Gasteiger partial charge < -0.3 is 10.1 Å². The average molecular weight is 482 g/mol. The molecular weight excluding hydrogens is 461 g/mol. The van der Waals surface area contributed by atoms with Crippen LogP contribution in [0.1, 0.15) is 16.7 Å². The van der Waals surface area contributed by atoms with Gasteiger partial charge in [-0.3, -0.25) is 4.79 Å². The van der Waals surface area contributed by atoms with Crippen molar-refractivity contribution in [2.24, 2.45) is 0 Å². The third kappa shape index (κ3) is 4.15. The lowest BCUT2D eigenvalue weighted by molar-refractivity contribution is -0.121. The molecule has 1 aliphatic rings. The van der Waals surface area contributed by atoms with Crippen molar-refractivity contribution in [2.45, 2.75) is 19.6 Å². The van der Waals surface area contributed by atoms with E-state index in [0.29, 0.717) is 36.6 Å². The summed E-state index contributed by atoms with van der Waals surface area (Å²) >= 11 is 1.57. The van der Waals surface area contributed by atoms with Gasteiger partial charge >= 0.3 is 0 Å². The molecule has 5 nitrogen and oxygen atoms in total. The Balaban J connectivity index is 1.40. The number of hydrogen-bond acceptors (Lipinski definition) is 5. The summed E-state index contributed by atoms with van der Waals surface area (Å²) in [5.41, 5.74) is 6.20. The topological polar surface area (TPSA) is 64.1 Å². The van der Waals surface area contributed by atoms with Crippen molar-refractivity contribution in [1.82, 2.24) is 15.5 Å². The summed E-state index contributed by atoms with van der Waals surface area (Å²) in [7, 11) is 0. The highest BCUT2D eigenvalue weighted by molar-refractivity contribution is 7.17. The van der Waals surface area contributed by atoms with Crippen LogP contribution >= 0.6 is 11.3 Å². The van der Waals surface area contributed by atoms with Gasteiger partial charge in [0, 0.05) is 29.1 Å². The van der Waals surface area contributed by atoms with Gasteiger partial charge in [-0.05, 0) is 46.3 Å². The normalized spacial score (nSPS) is 12.9. The van der Waals surface area contributed by atoms with E-state index >= 15 is 0 Å². The summed E-state index contributed by atoms with van der Waals surface area (Å²) in [5, 5.41) is 15.0. The average Bonchev–Trinajstić information content (AvgIpc) is 3.38. The van der Waals surface area contributed by atoms with Crippen LogP contribution in [0.25, 0.3) is 32.6 Å². The number of carbonyl (C=O) groups excluding carboxylic acids is 1. The molecule has 7 heteroatoms. The van der Waals surface area contributed by atoms with Crippen LogP contribution in [0.3, 0.4) is 0 Å². The Morgan fingerprint density at radius 1 is 0.943 bits per heavy atom. The summed E-state index contributed by atoms with van der Waals surface area (Å²) in [4.78, 5) is 11.7. The maximum atomic E-state index is 14.2. The Morgan fingerprint density at radius 2 is 1.80 bits per heavy atom. The fourth-order valence-electron chi connectivity index (χ4n) is 4.35. The number of thiophene rings is 1. The van der Waals surface area contributed by atoms with Gasteiger partial charge in [-0.1, -0.05) is 42.5 Å². The number of carbonyl (C=O) groups is 1. The molecule has 172 valence electrons.